The summed E-state index contributed by atoms with van der Waals surface area (Å²) in [7, 11) is 0. The summed E-state index contributed by atoms with van der Waals surface area (Å²) >= 11 is 0. The van der Waals surface area contributed by atoms with Crippen molar-refractivity contribution in [1.82, 2.24) is 0 Å². The number of aliphatic carboxylic acids is 1. The first-order valence-corrected chi connectivity index (χ1v) is 8.50. The van der Waals surface area contributed by atoms with Gasteiger partial charge in [-0.25, -0.2) is 0 Å². The number of carboxylic acids is 1. The maximum atomic E-state index is 11.0. The van der Waals surface area contributed by atoms with Crippen LogP contribution in [0.4, 0.5) is 0 Å². The van der Waals surface area contributed by atoms with Gasteiger partial charge in [0.25, 0.3) is 0 Å². The molecule has 0 atom stereocenters. The predicted molar refractivity (Wildman–Crippen MR) is 99.3 cm³/mol. The molecule has 1 aromatic heterocycles. The van der Waals surface area contributed by atoms with E-state index >= 15 is 0 Å². The summed E-state index contributed by atoms with van der Waals surface area (Å²) in [6.07, 6.45) is 1.41. The molecule has 1 heterocycles. The normalized spacial score (nSPS) is 11.3. The van der Waals surface area contributed by atoms with E-state index in [1.807, 2.05) is 39.8 Å². The molecule has 0 spiro atoms. The summed E-state index contributed by atoms with van der Waals surface area (Å²) in [5.41, 5.74) is 3.81. The van der Waals surface area contributed by atoms with Crippen LogP contribution in [0, 0.1) is 13.8 Å². The summed E-state index contributed by atoms with van der Waals surface area (Å²) in [6.45, 7) is 7.83. The van der Waals surface area contributed by atoms with Gasteiger partial charge in [0.05, 0.1) is 12.7 Å². The molecule has 0 unspecified atom stereocenters. The molecule has 0 saturated heterocycles. The lowest BCUT2D eigenvalue weighted by molar-refractivity contribution is -0.136. The number of hydrogen-bond donors (Lipinski definition) is 2. The second-order valence-corrected chi connectivity index (χ2v) is 6.83. The van der Waals surface area contributed by atoms with Crippen LogP contribution in [0.25, 0.3) is 11.0 Å². The first-order chi connectivity index (χ1) is 12.3. The number of carbonyl (C=O) groups is 1. The van der Waals surface area contributed by atoms with E-state index in [1.54, 1.807) is 12.1 Å². The van der Waals surface area contributed by atoms with Gasteiger partial charge < -0.3 is 19.4 Å². The standard InChI is InChI=1S/C21H22O5/c1-11(2)16-9-15(5-6-18(16)22)26-20-12(3)7-17-14(8-19(23)24)10-25-21(17)13(20)4/h5-7,9-11,22H,8H2,1-4H3,(H,23,24). The Morgan fingerprint density at radius 3 is 2.62 bits per heavy atom. The Balaban J connectivity index is 2.04. The Morgan fingerprint density at radius 2 is 1.96 bits per heavy atom. The average Bonchev–Trinajstić information content (AvgIpc) is 2.94. The van der Waals surface area contributed by atoms with Crippen molar-refractivity contribution in [2.45, 2.75) is 40.0 Å². The topological polar surface area (TPSA) is 79.9 Å². The summed E-state index contributed by atoms with van der Waals surface area (Å²) in [5.74, 6) is 0.838. The van der Waals surface area contributed by atoms with Crippen LogP contribution >= 0.6 is 0 Å². The lowest BCUT2D eigenvalue weighted by atomic mass is 10.0. The number of furan rings is 1. The van der Waals surface area contributed by atoms with Gasteiger partial charge in [-0.15, -0.1) is 0 Å². The quantitative estimate of drug-likeness (QED) is 0.650. The molecular weight excluding hydrogens is 332 g/mol. The van der Waals surface area contributed by atoms with E-state index < -0.39 is 5.97 Å². The van der Waals surface area contributed by atoms with E-state index in [0.29, 0.717) is 22.6 Å². The predicted octanol–water partition coefficient (Wildman–Crippen LogP) is 5.30. The van der Waals surface area contributed by atoms with Gasteiger partial charge in [0.15, 0.2) is 0 Å². The van der Waals surface area contributed by atoms with Gasteiger partial charge in [-0.2, -0.15) is 0 Å². The Kier molecular flexibility index (Phi) is 4.64. The van der Waals surface area contributed by atoms with Crippen LogP contribution in [0.3, 0.4) is 0 Å². The molecule has 26 heavy (non-hydrogen) atoms. The molecule has 0 aliphatic rings. The molecule has 3 rings (SSSR count). The Hall–Kier alpha value is -2.95. The fourth-order valence-electron chi connectivity index (χ4n) is 3.17. The number of phenols is 1. The van der Waals surface area contributed by atoms with Crippen LogP contribution in [-0.4, -0.2) is 16.2 Å². The minimum Gasteiger partial charge on any atom is -0.508 e. The number of carboxylic acid groups (broad SMARTS) is 1. The second kappa shape index (κ2) is 6.75. The zero-order valence-electron chi connectivity index (χ0n) is 15.3. The Morgan fingerprint density at radius 1 is 1.23 bits per heavy atom. The minimum atomic E-state index is -0.895. The number of hydrogen-bond acceptors (Lipinski definition) is 4. The molecule has 5 nitrogen and oxygen atoms in total. The number of aromatic hydroxyl groups is 1. The molecule has 2 N–H and O–H groups in total. The van der Waals surface area contributed by atoms with Crippen LogP contribution in [-0.2, 0) is 11.2 Å². The van der Waals surface area contributed by atoms with Crippen LogP contribution in [0.1, 0.15) is 42.0 Å². The van der Waals surface area contributed by atoms with Crippen molar-refractivity contribution in [2.24, 2.45) is 0 Å². The zero-order valence-corrected chi connectivity index (χ0v) is 15.3. The number of rotatable bonds is 5. The molecule has 2 aromatic carbocycles. The lowest BCUT2D eigenvalue weighted by Crippen LogP contribution is -1.99. The fourth-order valence-corrected chi connectivity index (χ4v) is 3.17. The van der Waals surface area contributed by atoms with E-state index in [-0.39, 0.29) is 18.1 Å². The first-order valence-electron chi connectivity index (χ1n) is 8.50. The number of benzene rings is 2. The minimum absolute atomic E-state index is 0.0816. The number of aryl methyl sites for hydroxylation is 2. The van der Waals surface area contributed by atoms with Gasteiger partial charge in [0.2, 0.25) is 0 Å². The lowest BCUT2D eigenvalue weighted by Gasteiger charge is -2.15. The van der Waals surface area contributed by atoms with Gasteiger partial charge >= 0.3 is 5.97 Å². The number of ether oxygens (including phenoxy) is 1. The average molecular weight is 354 g/mol. The summed E-state index contributed by atoms with van der Waals surface area (Å²) in [6, 6.07) is 7.08. The molecule has 0 saturated carbocycles. The van der Waals surface area contributed by atoms with E-state index in [0.717, 1.165) is 22.1 Å². The third-order valence-electron chi connectivity index (χ3n) is 4.49. The molecule has 0 aliphatic heterocycles. The Labute approximate surface area is 151 Å². The van der Waals surface area contributed by atoms with Crippen LogP contribution < -0.4 is 4.74 Å². The maximum Gasteiger partial charge on any atom is 0.307 e. The Bertz CT molecular complexity index is 982. The van der Waals surface area contributed by atoms with E-state index in [9.17, 15) is 9.90 Å². The van der Waals surface area contributed by atoms with Gasteiger partial charge in [-0.1, -0.05) is 13.8 Å². The molecule has 5 heteroatoms. The van der Waals surface area contributed by atoms with Crippen LogP contribution in [0.5, 0.6) is 17.2 Å². The number of phenolic OH excluding ortho intramolecular Hbond substituents is 1. The summed E-state index contributed by atoms with van der Waals surface area (Å²) < 4.78 is 11.7. The van der Waals surface area contributed by atoms with Gasteiger partial charge in [0, 0.05) is 22.1 Å². The molecular formula is C21H22O5. The molecule has 136 valence electrons. The smallest absolute Gasteiger partial charge is 0.307 e. The highest BCUT2D eigenvalue weighted by Crippen LogP contribution is 2.38. The van der Waals surface area contributed by atoms with Crippen molar-refractivity contribution in [3.05, 3.63) is 52.8 Å². The van der Waals surface area contributed by atoms with Crippen molar-refractivity contribution in [1.29, 1.82) is 0 Å². The largest absolute Gasteiger partial charge is 0.508 e. The molecule has 3 aromatic rings. The third-order valence-corrected chi connectivity index (χ3v) is 4.49. The molecule has 0 radical (unpaired) electrons. The monoisotopic (exact) mass is 354 g/mol. The van der Waals surface area contributed by atoms with Crippen LogP contribution in [0.2, 0.25) is 0 Å². The van der Waals surface area contributed by atoms with Gasteiger partial charge in [-0.05, 0) is 49.6 Å². The van der Waals surface area contributed by atoms with Crippen molar-refractivity contribution < 1.29 is 24.2 Å². The third kappa shape index (κ3) is 3.25. The van der Waals surface area contributed by atoms with E-state index in [1.165, 1.54) is 6.26 Å². The van der Waals surface area contributed by atoms with Crippen LogP contribution in [0.15, 0.2) is 34.9 Å². The summed E-state index contributed by atoms with van der Waals surface area (Å²) in [4.78, 5) is 11.0. The zero-order chi connectivity index (χ0) is 19.0. The van der Waals surface area contributed by atoms with Crippen molar-refractivity contribution in [3.8, 4) is 17.2 Å². The van der Waals surface area contributed by atoms with Gasteiger partial charge in [-0.3, -0.25) is 4.79 Å². The first kappa shape index (κ1) is 17.9. The second-order valence-electron chi connectivity index (χ2n) is 6.83. The van der Waals surface area contributed by atoms with E-state index in [4.69, 9.17) is 14.3 Å². The molecule has 0 amide bonds. The molecule has 0 fully saturated rings. The van der Waals surface area contributed by atoms with Crippen molar-refractivity contribution in [2.75, 3.05) is 0 Å². The fraction of sp³-hybridized carbons (Fsp3) is 0.286. The van der Waals surface area contributed by atoms with Crippen molar-refractivity contribution in [3.63, 3.8) is 0 Å². The number of fused-ring (bicyclic) bond motifs is 1. The SMILES string of the molecule is Cc1cc2c(CC(=O)O)coc2c(C)c1Oc1ccc(O)c(C(C)C)c1. The molecule has 0 aliphatic carbocycles. The maximum absolute atomic E-state index is 11.0. The highest BCUT2D eigenvalue weighted by molar-refractivity contribution is 5.89. The highest BCUT2D eigenvalue weighted by Gasteiger charge is 2.17. The molecule has 0 bridgehead atoms. The van der Waals surface area contributed by atoms with E-state index in [2.05, 4.69) is 0 Å². The summed E-state index contributed by atoms with van der Waals surface area (Å²) in [5, 5.41) is 19.8. The van der Waals surface area contributed by atoms with Crippen molar-refractivity contribution >= 4 is 16.9 Å². The highest BCUT2D eigenvalue weighted by atomic mass is 16.5. The van der Waals surface area contributed by atoms with Gasteiger partial charge in [0.1, 0.15) is 22.8 Å².